The third-order valence-corrected chi connectivity index (χ3v) is 5.36. The largest absolute Gasteiger partial charge is 0.431 e. The van der Waals surface area contributed by atoms with Crippen LogP contribution in [0.3, 0.4) is 0 Å². The van der Waals surface area contributed by atoms with Gasteiger partial charge in [-0.25, -0.2) is 4.85 Å². The van der Waals surface area contributed by atoms with Gasteiger partial charge in [-0.15, -0.1) is 0 Å². The zero-order valence-electron chi connectivity index (χ0n) is 18.4. The van der Waals surface area contributed by atoms with Crippen LogP contribution in [0, 0.1) is 6.57 Å². The number of nitrogens with zero attached hydrogens (tertiary/aromatic N) is 4. The number of hydrogen-bond acceptors (Lipinski definition) is 3. The summed E-state index contributed by atoms with van der Waals surface area (Å²) in [6.45, 7) is 5.88. The van der Waals surface area contributed by atoms with Crippen molar-refractivity contribution >= 4 is 16.6 Å². The van der Waals surface area contributed by atoms with Crippen molar-refractivity contribution in [2.45, 2.75) is 31.2 Å². The molecule has 2 aromatic heterocycles. The molecule has 0 aliphatic carbocycles. The second-order valence-corrected chi connectivity index (χ2v) is 7.93. The Labute approximate surface area is 208 Å². The predicted molar refractivity (Wildman–Crippen MR) is 107 cm³/mol. The molecular weight excluding hydrogens is 564 g/mol. The first kappa shape index (κ1) is 27.8. The van der Waals surface area contributed by atoms with Gasteiger partial charge in [0, 0.05) is 16.5 Å². The van der Waals surface area contributed by atoms with Crippen LogP contribution in [0.15, 0.2) is 40.9 Å². The van der Waals surface area contributed by atoms with E-state index in [0.29, 0.717) is 10.6 Å². The Morgan fingerprint density at radius 1 is 0.769 bits per heavy atom. The summed E-state index contributed by atoms with van der Waals surface area (Å²) in [5.41, 5.74) is -9.16. The summed E-state index contributed by atoms with van der Waals surface area (Å²) in [7, 11) is 0. The lowest BCUT2D eigenvalue weighted by Gasteiger charge is -2.13. The predicted octanol–water partition coefficient (Wildman–Crippen LogP) is 8.37. The minimum Gasteiger partial charge on any atom is -0.334 e. The summed E-state index contributed by atoms with van der Waals surface area (Å²) in [6.07, 6.45) is -20.9. The van der Waals surface area contributed by atoms with E-state index in [0.717, 1.165) is 6.07 Å². The molecule has 0 aliphatic rings. The van der Waals surface area contributed by atoms with E-state index in [1.165, 1.54) is 0 Å². The molecule has 39 heavy (non-hydrogen) atoms. The van der Waals surface area contributed by atoms with E-state index in [-0.39, 0.29) is 24.3 Å². The van der Waals surface area contributed by atoms with Gasteiger partial charge in [0.25, 0.3) is 5.89 Å². The van der Waals surface area contributed by atoms with E-state index in [2.05, 4.69) is 19.5 Å². The molecule has 5 nitrogen and oxygen atoms in total. The van der Waals surface area contributed by atoms with Gasteiger partial charge < -0.3 is 9.09 Å². The summed E-state index contributed by atoms with van der Waals surface area (Å²) >= 11 is 0. The van der Waals surface area contributed by atoms with E-state index in [9.17, 15) is 52.7 Å². The van der Waals surface area contributed by atoms with E-state index in [1.54, 1.807) is 0 Å². The average Bonchev–Trinajstić information content (AvgIpc) is 3.41. The van der Waals surface area contributed by atoms with E-state index < -0.39 is 87.5 Å². The Hall–Kier alpha value is -4.23. The maximum absolute atomic E-state index is 13.7. The number of rotatable bonds is 3. The van der Waals surface area contributed by atoms with Gasteiger partial charge in [0.2, 0.25) is 0 Å². The summed E-state index contributed by atoms with van der Waals surface area (Å²) in [4.78, 5) is 6.26. The van der Waals surface area contributed by atoms with Gasteiger partial charge in [0.05, 0.1) is 29.8 Å². The molecule has 0 spiro atoms. The molecule has 0 amide bonds. The van der Waals surface area contributed by atoms with Gasteiger partial charge >= 0.3 is 24.7 Å². The Morgan fingerprint density at radius 3 is 1.85 bits per heavy atom. The number of alkyl halides is 12. The summed E-state index contributed by atoms with van der Waals surface area (Å²) in [5, 5.41) is 2.31. The van der Waals surface area contributed by atoms with Crippen molar-refractivity contribution in [3.8, 4) is 11.5 Å². The van der Waals surface area contributed by atoms with E-state index >= 15 is 0 Å². The fourth-order valence-corrected chi connectivity index (χ4v) is 3.77. The van der Waals surface area contributed by atoms with Gasteiger partial charge in [-0.1, -0.05) is 11.2 Å². The van der Waals surface area contributed by atoms with Gasteiger partial charge in [-0.3, -0.25) is 0 Å². The minimum atomic E-state index is -5.23. The molecular formula is C22H8F12N4O. The van der Waals surface area contributed by atoms with Crippen LogP contribution >= 0.6 is 0 Å². The third kappa shape index (κ3) is 5.36. The molecule has 0 aliphatic heterocycles. The fraction of sp³-hybridized carbons (Fsp3) is 0.227. The first-order valence-corrected chi connectivity index (χ1v) is 10.1. The molecule has 0 bridgehead atoms. The second-order valence-electron chi connectivity index (χ2n) is 7.93. The van der Waals surface area contributed by atoms with Crippen molar-refractivity contribution in [1.29, 1.82) is 0 Å². The molecule has 17 heteroatoms. The average molecular weight is 572 g/mol. The van der Waals surface area contributed by atoms with Crippen molar-refractivity contribution in [3.63, 3.8) is 0 Å². The lowest BCUT2D eigenvalue weighted by molar-refractivity contribution is -0.144. The van der Waals surface area contributed by atoms with E-state index in [1.807, 2.05) is 0 Å². The molecule has 2 aromatic carbocycles. The highest BCUT2D eigenvalue weighted by Crippen LogP contribution is 2.45. The number of fused-ring (bicyclic) bond motifs is 1. The monoisotopic (exact) mass is 572 g/mol. The van der Waals surface area contributed by atoms with E-state index in [4.69, 9.17) is 6.57 Å². The van der Waals surface area contributed by atoms with Crippen LogP contribution in [0.4, 0.5) is 58.4 Å². The Kier molecular flexibility index (Phi) is 6.36. The van der Waals surface area contributed by atoms with Crippen LogP contribution in [-0.2, 0) is 31.2 Å². The summed E-state index contributed by atoms with van der Waals surface area (Å²) in [6, 6.07) is 1.96. The van der Waals surface area contributed by atoms with Crippen molar-refractivity contribution in [3.05, 3.63) is 76.0 Å². The minimum absolute atomic E-state index is 0.163. The van der Waals surface area contributed by atoms with Gasteiger partial charge in [0.1, 0.15) is 5.69 Å². The van der Waals surface area contributed by atoms with Crippen molar-refractivity contribution in [2.75, 3.05) is 0 Å². The number of benzene rings is 2. The van der Waals surface area contributed by atoms with Crippen LogP contribution in [-0.4, -0.2) is 14.7 Å². The van der Waals surface area contributed by atoms with Crippen LogP contribution in [0.1, 0.15) is 28.2 Å². The standard InChI is InChI=1S/C22H8F12N4O/c1-35-13-2-3-14-12(17(13)22(32,33)34)7-15(21(29,30)31)38(14)8-16-36-18(39-37-16)9-4-10(19(23,24)25)6-11(5-9)20(26,27)28/h2-7H,8H2. The molecule has 0 saturated heterocycles. The zero-order chi connectivity index (χ0) is 29.1. The Balaban J connectivity index is 1.85. The van der Waals surface area contributed by atoms with Crippen molar-refractivity contribution in [1.82, 2.24) is 14.7 Å². The first-order valence-electron chi connectivity index (χ1n) is 10.1. The molecule has 0 atom stereocenters. The Morgan fingerprint density at radius 2 is 1.36 bits per heavy atom. The van der Waals surface area contributed by atoms with Crippen LogP contribution in [0.2, 0.25) is 0 Å². The highest BCUT2D eigenvalue weighted by atomic mass is 19.4. The number of aromatic nitrogens is 3. The summed E-state index contributed by atoms with van der Waals surface area (Å²) in [5.74, 6) is -1.63. The highest BCUT2D eigenvalue weighted by Gasteiger charge is 2.41. The lowest BCUT2D eigenvalue weighted by Crippen LogP contribution is -2.14. The quantitative estimate of drug-likeness (QED) is 0.183. The molecule has 0 saturated carbocycles. The fourth-order valence-electron chi connectivity index (χ4n) is 3.77. The van der Waals surface area contributed by atoms with Gasteiger partial charge in [0.15, 0.2) is 11.5 Å². The number of halogens is 12. The first-order chi connectivity index (χ1) is 17.8. The molecule has 0 fully saturated rings. The molecule has 4 aromatic rings. The maximum Gasteiger partial charge on any atom is 0.431 e. The molecule has 4 rings (SSSR count). The molecule has 206 valence electrons. The molecule has 0 unspecified atom stereocenters. The molecule has 0 N–H and O–H groups in total. The normalized spacial score (nSPS) is 13.2. The summed E-state index contributed by atoms with van der Waals surface area (Å²) < 4.78 is 166. The Bertz CT molecular complexity index is 1560. The highest BCUT2D eigenvalue weighted by molar-refractivity contribution is 5.90. The van der Waals surface area contributed by atoms with Crippen molar-refractivity contribution in [2.24, 2.45) is 0 Å². The van der Waals surface area contributed by atoms with Crippen LogP contribution in [0.5, 0.6) is 0 Å². The van der Waals surface area contributed by atoms with Crippen LogP contribution in [0.25, 0.3) is 27.2 Å². The number of hydrogen-bond donors (Lipinski definition) is 0. The van der Waals surface area contributed by atoms with Crippen LogP contribution < -0.4 is 0 Å². The maximum atomic E-state index is 13.7. The second kappa shape index (κ2) is 8.92. The smallest absolute Gasteiger partial charge is 0.334 e. The third-order valence-electron chi connectivity index (χ3n) is 5.36. The molecule has 2 heterocycles. The van der Waals surface area contributed by atoms with Gasteiger partial charge in [-0.05, 0) is 30.3 Å². The molecule has 0 radical (unpaired) electrons. The van der Waals surface area contributed by atoms with Crippen molar-refractivity contribution < 1.29 is 57.2 Å². The lowest BCUT2D eigenvalue weighted by atomic mass is 10.0. The topological polar surface area (TPSA) is 48.2 Å². The van der Waals surface area contributed by atoms with Gasteiger partial charge in [-0.2, -0.15) is 57.7 Å². The SMILES string of the molecule is [C-]#[N+]c1ccc2c(cc(C(F)(F)F)n2Cc2noc(-c3cc(C(F)(F)F)cc(C(F)(F)F)c3)n2)c1C(F)(F)F. The zero-order valence-corrected chi connectivity index (χ0v) is 18.4.